The van der Waals surface area contributed by atoms with Crippen molar-refractivity contribution in [1.29, 1.82) is 0 Å². The van der Waals surface area contributed by atoms with Crippen LogP contribution in [0.1, 0.15) is 12.0 Å². The van der Waals surface area contributed by atoms with Crippen molar-refractivity contribution in [3.63, 3.8) is 0 Å². The van der Waals surface area contributed by atoms with Crippen molar-refractivity contribution < 1.29 is 4.74 Å². The topological polar surface area (TPSA) is 9.23 Å². The van der Waals surface area contributed by atoms with Gasteiger partial charge in [-0.25, -0.2) is 0 Å². The highest BCUT2D eigenvalue weighted by molar-refractivity contribution is 5.48. The van der Waals surface area contributed by atoms with E-state index in [1.807, 2.05) is 24.3 Å². The monoisotopic (exact) mass is 175 g/mol. The van der Waals surface area contributed by atoms with Crippen molar-refractivity contribution in [3.05, 3.63) is 48.9 Å². The highest BCUT2D eigenvalue weighted by atomic mass is 16.5. The Hall–Kier alpha value is -1.08. The zero-order chi connectivity index (χ0) is 9.36. The lowest BCUT2D eigenvalue weighted by atomic mass is 10.2. The maximum atomic E-state index is 5.26. The molecule has 0 amide bonds. The first kappa shape index (κ1) is 10.0. The third-order valence-electron chi connectivity index (χ3n) is 1.61. The van der Waals surface area contributed by atoms with Crippen LogP contribution in [0.3, 0.4) is 0 Å². The molecule has 1 nitrogen and oxygen atoms in total. The van der Waals surface area contributed by atoms with Crippen LogP contribution in [0.25, 0.3) is 6.08 Å². The summed E-state index contributed by atoms with van der Waals surface area (Å²) in [7, 11) is 0. The SMILES string of the molecule is [CH2]CCOC/C=C/c1ccccc1. The average molecular weight is 175 g/mol. The largest absolute Gasteiger partial charge is 0.377 e. The molecule has 0 aromatic heterocycles. The van der Waals surface area contributed by atoms with E-state index in [1.165, 1.54) is 5.56 Å². The Morgan fingerprint density at radius 1 is 1.23 bits per heavy atom. The van der Waals surface area contributed by atoms with Gasteiger partial charge in [-0.05, 0) is 12.0 Å². The zero-order valence-electron chi connectivity index (χ0n) is 7.78. The number of hydrogen-bond donors (Lipinski definition) is 0. The summed E-state index contributed by atoms with van der Waals surface area (Å²) in [6.07, 6.45) is 4.91. The Morgan fingerprint density at radius 2 is 2.00 bits per heavy atom. The quantitative estimate of drug-likeness (QED) is 0.625. The van der Waals surface area contributed by atoms with E-state index in [9.17, 15) is 0 Å². The number of hydrogen-bond acceptors (Lipinski definition) is 1. The van der Waals surface area contributed by atoms with E-state index in [0.717, 1.165) is 13.0 Å². The van der Waals surface area contributed by atoms with E-state index in [2.05, 4.69) is 25.1 Å². The molecule has 0 fully saturated rings. The fraction of sp³-hybridized carbons (Fsp3) is 0.250. The Bertz CT molecular complexity index is 239. The first-order valence-corrected chi connectivity index (χ1v) is 4.52. The van der Waals surface area contributed by atoms with Crippen molar-refractivity contribution in [1.82, 2.24) is 0 Å². The van der Waals surface area contributed by atoms with Crippen LogP contribution in [-0.2, 0) is 4.74 Å². The van der Waals surface area contributed by atoms with Crippen LogP contribution in [0.2, 0.25) is 0 Å². The molecule has 0 atom stereocenters. The molecule has 0 saturated heterocycles. The third-order valence-corrected chi connectivity index (χ3v) is 1.61. The molecule has 0 aliphatic carbocycles. The molecule has 0 saturated carbocycles. The van der Waals surface area contributed by atoms with Crippen LogP contribution in [0, 0.1) is 6.92 Å². The highest BCUT2D eigenvalue weighted by Crippen LogP contribution is 2.00. The van der Waals surface area contributed by atoms with Gasteiger partial charge in [-0.3, -0.25) is 0 Å². The maximum absolute atomic E-state index is 5.26. The predicted octanol–water partition coefficient (Wildman–Crippen LogP) is 2.94. The minimum absolute atomic E-state index is 0.671. The van der Waals surface area contributed by atoms with Gasteiger partial charge in [0.15, 0.2) is 0 Å². The second-order valence-electron chi connectivity index (χ2n) is 2.74. The molecule has 0 N–H and O–H groups in total. The minimum Gasteiger partial charge on any atom is -0.377 e. The Balaban J connectivity index is 2.25. The molecule has 1 radical (unpaired) electrons. The number of rotatable bonds is 5. The van der Waals surface area contributed by atoms with Crippen LogP contribution in [0.5, 0.6) is 0 Å². The van der Waals surface area contributed by atoms with Crippen molar-refractivity contribution in [2.75, 3.05) is 13.2 Å². The van der Waals surface area contributed by atoms with Crippen molar-refractivity contribution in [3.8, 4) is 0 Å². The number of ether oxygens (including phenoxy) is 1. The average Bonchev–Trinajstić information content (AvgIpc) is 2.19. The molecule has 0 aliphatic heterocycles. The number of benzene rings is 1. The van der Waals surface area contributed by atoms with Crippen LogP contribution in [-0.4, -0.2) is 13.2 Å². The fourth-order valence-electron chi connectivity index (χ4n) is 1.00. The van der Waals surface area contributed by atoms with E-state index >= 15 is 0 Å². The molecular weight excluding hydrogens is 160 g/mol. The van der Waals surface area contributed by atoms with Gasteiger partial charge < -0.3 is 4.74 Å². The van der Waals surface area contributed by atoms with Crippen LogP contribution < -0.4 is 0 Å². The smallest absolute Gasteiger partial charge is 0.0650 e. The summed E-state index contributed by atoms with van der Waals surface area (Å²) < 4.78 is 5.26. The second-order valence-corrected chi connectivity index (χ2v) is 2.74. The van der Waals surface area contributed by atoms with E-state index in [1.54, 1.807) is 0 Å². The first-order chi connectivity index (χ1) is 6.43. The Kier molecular flexibility index (Phi) is 4.95. The molecule has 0 heterocycles. The summed E-state index contributed by atoms with van der Waals surface area (Å²) in [5.41, 5.74) is 1.21. The van der Waals surface area contributed by atoms with Gasteiger partial charge in [0.25, 0.3) is 0 Å². The standard InChI is InChI=1S/C12H15O/c1-2-10-13-11-6-9-12-7-4-3-5-8-12/h3-9H,1-2,10-11H2/b9-6+. The van der Waals surface area contributed by atoms with Gasteiger partial charge in [-0.15, -0.1) is 0 Å². The zero-order valence-corrected chi connectivity index (χ0v) is 7.78. The molecular formula is C12H15O. The second kappa shape index (κ2) is 6.44. The molecule has 13 heavy (non-hydrogen) atoms. The van der Waals surface area contributed by atoms with Gasteiger partial charge in [-0.2, -0.15) is 0 Å². The molecule has 1 aromatic rings. The van der Waals surface area contributed by atoms with Gasteiger partial charge >= 0.3 is 0 Å². The van der Waals surface area contributed by atoms with Crippen LogP contribution >= 0.6 is 0 Å². The maximum Gasteiger partial charge on any atom is 0.0650 e. The van der Waals surface area contributed by atoms with Crippen molar-refractivity contribution in [2.45, 2.75) is 6.42 Å². The molecule has 1 aromatic carbocycles. The molecule has 0 unspecified atom stereocenters. The van der Waals surface area contributed by atoms with Crippen molar-refractivity contribution in [2.24, 2.45) is 0 Å². The lowest BCUT2D eigenvalue weighted by Gasteiger charge is -1.95. The summed E-state index contributed by atoms with van der Waals surface area (Å²) in [6.45, 7) is 5.10. The summed E-state index contributed by atoms with van der Waals surface area (Å²) in [4.78, 5) is 0. The van der Waals surface area contributed by atoms with E-state index < -0.39 is 0 Å². The summed E-state index contributed by atoms with van der Waals surface area (Å²) in [6, 6.07) is 10.2. The van der Waals surface area contributed by atoms with E-state index in [0.29, 0.717) is 6.61 Å². The summed E-state index contributed by atoms with van der Waals surface area (Å²) >= 11 is 0. The lowest BCUT2D eigenvalue weighted by molar-refractivity contribution is 0.167. The van der Waals surface area contributed by atoms with Gasteiger partial charge in [0.05, 0.1) is 6.61 Å². The Labute approximate surface area is 80.0 Å². The molecule has 0 bridgehead atoms. The minimum atomic E-state index is 0.671. The van der Waals surface area contributed by atoms with Gasteiger partial charge in [-0.1, -0.05) is 49.4 Å². The Morgan fingerprint density at radius 3 is 2.69 bits per heavy atom. The predicted molar refractivity (Wildman–Crippen MR) is 56.3 cm³/mol. The molecule has 1 heteroatoms. The molecule has 1 rings (SSSR count). The van der Waals surface area contributed by atoms with Gasteiger partial charge in [0, 0.05) is 6.61 Å². The third kappa shape index (κ3) is 4.48. The summed E-state index contributed by atoms with van der Waals surface area (Å²) in [5, 5.41) is 0. The normalized spacial score (nSPS) is 10.8. The van der Waals surface area contributed by atoms with Crippen LogP contribution in [0.4, 0.5) is 0 Å². The molecule has 0 spiro atoms. The van der Waals surface area contributed by atoms with E-state index in [-0.39, 0.29) is 0 Å². The van der Waals surface area contributed by atoms with Gasteiger partial charge in [0.2, 0.25) is 0 Å². The van der Waals surface area contributed by atoms with Gasteiger partial charge in [0.1, 0.15) is 0 Å². The summed E-state index contributed by atoms with van der Waals surface area (Å²) in [5.74, 6) is 0. The lowest BCUT2D eigenvalue weighted by Crippen LogP contribution is -1.91. The van der Waals surface area contributed by atoms with E-state index in [4.69, 9.17) is 4.74 Å². The first-order valence-electron chi connectivity index (χ1n) is 4.52. The highest BCUT2D eigenvalue weighted by Gasteiger charge is 1.82. The molecule has 0 aliphatic rings. The van der Waals surface area contributed by atoms with Crippen LogP contribution in [0.15, 0.2) is 36.4 Å². The fourth-order valence-corrected chi connectivity index (χ4v) is 1.00. The van der Waals surface area contributed by atoms with Crippen molar-refractivity contribution >= 4 is 6.08 Å². The molecule has 69 valence electrons.